The molecule has 2 aromatic rings. The SMILES string of the molecule is Cc1ccccc1COc1cccc(NC(=O)NCCCO)c1. The topological polar surface area (TPSA) is 70.6 Å². The Bertz CT molecular complexity index is 644. The first-order valence-electron chi connectivity index (χ1n) is 7.62. The first-order chi connectivity index (χ1) is 11.2. The summed E-state index contributed by atoms with van der Waals surface area (Å²) in [5.74, 6) is 0.696. The Hall–Kier alpha value is -2.53. The van der Waals surface area contributed by atoms with E-state index in [9.17, 15) is 4.79 Å². The Morgan fingerprint density at radius 1 is 1.17 bits per heavy atom. The zero-order chi connectivity index (χ0) is 16.5. The monoisotopic (exact) mass is 314 g/mol. The molecule has 5 nitrogen and oxygen atoms in total. The number of hydrogen-bond acceptors (Lipinski definition) is 3. The summed E-state index contributed by atoms with van der Waals surface area (Å²) in [4.78, 5) is 11.7. The Labute approximate surface area is 136 Å². The Morgan fingerprint density at radius 3 is 2.78 bits per heavy atom. The zero-order valence-electron chi connectivity index (χ0n) is 13.2. The van der Waals surface area contributed by atoms with E-state index >= 15 is 0 Å². The van der Waals surface area contributed by atoms with E-state index in [1.807, 2.05) is 43.3 Å². The molecule has 0 atom stereocenters. The van der Waals surface area contributed by atoms with Crippen LogP contribution in [0.25, 0.3) is 0 Å². The van der Waals surface area contributed by atoms with Gasteiger partial charge in [0, 0.05) is 24.9 Å². The Kier molecular flexibility index (Phi) is 6.44. The van der Waals surface area contributed by atoms with Gasteiger partial charge in [0.25, 0.3) is 0 Å². The minimum absolute atomic E-state index is 0.0580. The second-order valence-corrected chi connectivity index (χ2v) is 5.20. The van der Waals surface area contributed by atoms with Gasteiger partial charge < -0.3 is 20.5 Å². The zero-order valence-corrected chi connectivity index (χ0v) is 13.2. The number of ether oxygens (including phenoxy) is 1. The molecule has 0 heterocycles. The third-order valence-electron chi connectivity index (χ3n) is 3.37. The minimum atomic E-state index is -0.297. The summed E-state index contributed by atoms with van der Waals surface area (Å²) in [5, 5.41) is 14.1. The average Bonchev–Trinajstić information content (AvgIpc) is 2.55. The molecule has 0 saturated carbocycles. The van der Waals surface area contributed by atoms with Crippen LogP contribution in [0.15, 0.2) is 48.5 Å². The summed E-state index contributed by atoms with van der Waals surface area (Å²) in [5.41, 5.74) is 2.98. The Morgan fingerprint density at radius 2 is 2.00 bits per heavy atom. The molecule has 0 fully saturated rings. The van der Waals surface area contributed by atoms with Gasteiger partial charge in [0.2, 0.25) is 0 Å². The molecule has 2 aromatic carbocycles. The molecule has 0 aliphatic rings. The molecule has 2 amide bonds. The molecule has 23 heavy (non-hydrogen) atoms. The van der Waals surface area contributed by atoms with Crippen molar-refractivity contribution in [2.75, 3.05) is 18.5 Å². The number of rotatable bonds is 7. The third-order valence-corrected chi connectivity index (χ3v) is 3.37. The second-order valence-electron chi connectivity index (χ2n) is 5.20. The molecule has 0 aliphatic heterocycles. The lowest BCUT2D eigenvalue weighted by molar-refractivity contribution is 0.249. The number of nitrogens with one attached hydrogen (secondary N) is 2. The van der Waals surface area contributed by atoms with Gasteiger partial charge in [-0.3, -0.25) is 0 Å². The van der Waals surface area contributed by atoms with Gasteiger partial charge in [0.15, 0.2) is 0 Å². The van der Waals surface area contributed by atoms with Crippen molar-refractivity contribution >= 4 is 11.7 Å². The molecule has 3 N–H and O–H groups in total. The number of aliphatic hydroxyl groups is 1. The van der Waals surface area contributed by atoms with E-state index in [0.29, 0.717) is 31.0 Å². The number of anilines is 1. The summed E-state index contributed by atoms with van der Waals surface area (Å²) >= 11 is 0. The highest BCUT2D eigenvalue weighted by atomic mass is 16.5. The minimum Gasteiger partial charge on any atom is -0.489 e. The van der Waals surface area contributed by atoms with Gasteiger partial charge in [-0.25, -0.2) is 4.79 Å². The second kappa shape index (κ2) is 8.80. The maximum Gasteiger partial charge on any atom is 0.319 e. The fraction of sp³-hybridized carbons (Fsp3) is 0.278. The normalized spacial score (nSPS) is 10.2. The van der Waals surface area contributed by atoms with E-state index in [4.69, 9.17) is 9.84 Å². The number of aliphatic hydroxyl groups excluding tert-OH is 1. The summed E-state index contributed by atoms with van der Waals surface area (Å²) < 4.78 is 5.79. The van der Waals surface area contributed by atoms with Gasteiger partial charge in [-0.15, -0.1) is 0 Å². The standard InChI is InChI=1S/C18H22N2O3/c1-14-6-2-3-7-15(14)13-23-17-9-4-8-16(12-17)20-18(22)19-10-5-11-21/h2-4,6-9,12,21H,5,10-11,13H2,1H3,(H2,19,20,22). The van der Waals surface area contributed by atoms with Gasteiger partial charge in [-0.2, -0.15) is 0 Å². The molecular weight excluding hydrogens is 292 g/mol. The van der Waals surface area contributed by atoms with E-state index in [2.05, 4.69) is 10.6 Å². The van der Waals surface area contributed by atoms with Crippen molar-refractivity contribution in [3.05, 3.63) is 59.7 Å². The molecule has 0 radical (unpaired) electrons. The maximum absolute atomic E-state index is 11.7. The lowest BCUT2D eigenvalue weighted by Gasteiger charge is -2.11. The third kappa shape index (κ3) is 5.64. The first kappa shape index (κ1) is 16.8. The van der Waals surface area contributed by atoms with Gasteiger partial charge in [0.05, 0.1) is 0 Å². The van der Waals surface area contributed by atoms with Crippen LogP contribution in [0, 0.1) is 6.92 Å². The van der Waals surface area contributed by atoms with E-state index in [-0.39, 0.29) is 12.6 Å². The van der Waals surface area contributed by atoms with Crippen LogP contribution in [-0.4, -0.2) is 24.3 Å². The van der Waals surface area contributed by atoms with Crippen LogP contribution < -0.4 is 15.4 Å². The van der Waals surface area contributed by atoms with Crippen molar-refractivity contribution in [2.45, 2.75) is 20.0 Å². The van der Waals surface area contributed by atoms with Gasteiger partial charge >= 0.3 is 6.03 Å². The lowest BCUT2D eigenvalue weighted by Crippen LogP contribution is -2.29. The van der Waals surface area contributed by atoms with Crippen molar-refractivity contribution in [1.82, 2.24) is 5.32 Å². The summed E-state index contributed by atoms with van der Waals surface area (Å²) in [6.45, 7) is 3.03. The highest BCUT2D eigenvalue weighted by molar-refractivity contribution is 5.89. The molecule has 0 bridgehead atoms. The number of carbonyl (C=O) groups excluding carboxylic acids is 1. The molecular formula is C18H22N2O3. The van der Waals surface area contributed by atoms with E-state index in [1.165, 1.54) is 5.56 Å². The van der Waals surface area contributed by atoms with Crippen LogP contribution in [0.4, 0.5) is 10.5 Å². The van der Waals surface area contributed by atoms with Crippen LogP contribution in [0.2, 0.25) is 0 Å². The summed E-state index contributed by atoms with van der Waals surface area (Å²) in [7, 11) is 0. The molecule has 122 valence electrons. The Balaban J connectivity index is 1.89. The van der Waals surface area contributed by atoms with Gasteiger partial charge in [-0.05, 0) is 36.6 Å². The number of amides is 2. The number of aryl methyl sites for hydroxylation is 1. The molecule has 5 heteroatoms. The molecule has 0 aromatic heterocycles. The summed E-state index contributed by atoms with van der Waals surface area (Å²) in [6, 6.07) is 15.0. The maximum atomic E-state index is 11.7. The van der Waals surface area contributed by atoms with Crippen molar-refractivity contribution in [2.24, 2.45) is 0 Å². The predicted octanol–water partition coefficient (Wildman–Crippen LogP) is 3.08. The first-order valence-corrected chi connectivity index (χ1v) is 7.62. The molecule has 0 aliphatic carbocycles. The predicted molar refractivity (Wildman–Crippen MR) is 90.7 cm³/mol. The molecule has 2 rings (SSSR count). The van der Waals surface area contributed by atoms with Crippen LogP contribution in [-0.2, 0) is 6.61 Å². The van der Waals surface area contributed by atoms with Crippen LogP contribution >= 0.6 is 0 Å². The van der Waals surface area contributed by atoms with Crippen LogP contribution in [0.3, 0.4) is 0 Å². The van der Waals surface area contributed by atoms with Crippen LogP contribution in [0.1, 0.15) is 17.5 Å². The van der Waals surface area contributed by atoms with Gasteiger partial charge in [-0.1, -0.05) is 30.3 Å². The smallest absolute Gasteiger partial charge is 0.319 e. The largest absolute Gasteiger partial charge is 0.489 e. The van der Waals surface area contributed by atoms with E-state index in [0.717, 1.165) is 5.56 Å². The number of hydrogen-bond donors (Lipinski definition) is 3. The fourth-order valence-electron chi connectivity index (χ4n) is 2.05. The number of urea groups is 1. The quantitative estimate of drug-likeness (QED) is 0.688. The van der Waals surface area contributed by atoms with Crippen molar-refractivity contribution < 1.29 is 14.6 Å². The molecule has 0 saturated heterocycles. The number of carbonyl (C=O) groups is 1. The van der Waals surface area contributed by atoms with Crippen LogP contribution in [0.5, 0.6) is 5.75 Å². The molecule has 0 spiro atoms. The average molecular weight is 314 g/mol. The van der Waals surface area contributed by atoms with Gasteiger partial charge in [0.1, 0.15) is 12.4 Å². The highest BCUT2D eigenvalue weighted by Crippen LogP contribution is 2.19. The lowest BCUT2D eigenvalue weighted by atomic mass is 10.1. The number of benzene rings is 2. The van der Waals surface area contributed by atoms with Crippen molar-refractivity contribution in [3.8, 4) is 5.75 Å². The van der Waals surface area contributed by atoms with Crippen molar-refractivity contribution in [3.63, 3.8) is 0 Å². The van der Waals surface area contributed by atoms with E-state index < -0.39 is 0 Å². The molecule has 0 unspecified atom stereocenters. The summed E-state index contributed by atoms with van der Waals surface area (Å²) in [6.07, 6.45) is 0.535. The van der Waals surface area contributed by atoms with Crippen molar-refractivity contribution in [1.29, 1.82) is 0 Å². The highest BCUT2D eigenvalue weighted by Gasteiger charge is 2.03. The van der Waals surface area contributed by atoms with E-state index in [1.54, 1.807) is 12.1 Å². The fourth-order valence-corrected chi connectivity index (χ4v) is 2.05.